The van der Waals surface area contributed by atoms with Crippen LogP contribution in [0.1, 0.15) is 0 Å². The molecule has 0 bridgehead atoms. The lowest BCUT2D eigenvalue weighted by Crippen LogP contribution is -2.00. The summed E-state index contributed by atoms with van der Waals surface area (Å²) in [6.45, 7) is 0. The second kappa shape index (κ2) is 9.15. The highest BCUT2D eigenvalue weighted by Gasteiger charge is 2.23. The highest BCUT2D eigenvalue weighted by atomic mass is 16.3. The van der Waals surface area contributed by atoms with Crippen LogP contribution < -0.4 is 0 Å². The van der Waals surface area contributed by atoms with Gasteiger partial charge in [-0.05, 0) is 68.1 Å². The van der Waals surface area contributed by atoms with Gasteiger partial charge in [0.2, 0.25) is 0 Å². The van der Waals surface area contributed by atoms with Crippen LogP contribution in [0.15, 0.2) is 138 Å². The topological polar surface area (TPSA) is 64.7 Å². The number of pyridine rings is 1. The van der Waals surface area contributed by atoms with Crippen LogP contribution in [0.2, 0.25) is 0 Å². The fraction of sp³-hybridized carbons (Fsp3) is 0. The molecule has 3 heterocycles. The van der Waals surface area contributed by atoms with Crippen molar-refractivity contribution in [1.82, 2.24) is 19.9 Å². The Morgan fingerprint density at radius 3 is 1.98 bits per heavy atom. The predicted octanol–water partition coefficient (Wildman–Crippen LogP) is 10.1. The molecule has 0 amide bonds. The Hall–Kier alpha value is -6.20. The van der Waals surface area contributed by atoms with Gasteiger partial charge in [0.1, 0.15) is 11.2 Å². The average molecular weight is 575 g/mol. The quantitative estimate of drug-likeness (QED) is 0.210. The fourth-order valence-corrected chi connectivity index (χ4v) is 6.87. The van der Waals surface area contributed by atoms with Crippen LogP contribution in [0.25, 0.3) is 99.9 Å². The summed E-state index contributed by atoms with van der Waals surface area (Å²) in [4.78, 5) is 19.7. The summed E-state index contributed by atoms with van der Waals surface area (Å²) in [6.07, 6.45) is 3.59. The molecule has 0 radical (unpaired) electrons. The van der Waals surface area contributed by atoms with E-state index in [1.165, 1.54) is 38.4 Å². The van der Waals surface area contributed by atoms with Crippen molar-refractivity contribution in [2.45, 2.75) is 0 Å². The van der Waals surface area contributed by atoms with E-state index in [9.17, 15) is 0 Å². The van der Waals surface area contributed by atoms with Gasteiger partial charge in [0.05, 0.1) is 0 Å². The van der Waals surface area contributed by atoms with Crippen LogP contribution in [0.3, 0.4) is 0 Å². The minimum atomic E-state index is 0.589. The maximum atomic E-state index is 6.19. The van der Waals surface area contributed by atoms with Crippen molar-refractivity contribution in [1.29, 1.82) is 0 Å². The van der Waals surface area contributed by atoms with Crippen molar-refractivity contribution in [2.24, 2.45) is 0 Å². The fourth-order valence-electron chi connectivity index (χ4n) is 6.87. The molecule has 0 N–H and O–H groups in total. The normalized spacial score (nSPS) is 12.0. The SMILES string of the molecule is c1ccc2cc(-c3nc(-c4ccc5c(c4)-c4cccc6cccc-5c46)nc(-c4cccc5oc6ccncc6c45)n3)ccc2c1. The van der Waals surface area contributed by atoms with E-state index in [0.29, 0.717) is 17.5 Å². The molecule has 3 aromatic heterocycles. The number of furan rings is 1. The van der Waals surface area contributed by atoms with Crippen molar-refractivity contribution in [3.05, 3.63) is 134 Å². The molecule has 208 valence electrons. The molecule has 6 aromatic carbocycles. The summed E-state index contributed by atoms with van der Waals surface area (Å²) in [7, 11) is 0. The molecular formula is C40H22N4O. The summed E-state index contributed by atoms with van der Waals surface area (Å²) in [5.74, 6) is 1.83. The Kier molecular flexibility index (Phi) is 4.93. The van der Waals surface area contributed by atoms with Gasteiger partial charge in [-0.1, -0.05) is 97.1 Å². The summed E-state index contributed by atoms with van der Waals surface area (Å²) in [6, 6.07) is 42.2. The Bertz CT molecular complexity index is 2670. The number of hydrogen-bond acceptors (Lipinski definition) is 5. The van der Waals surface area contributed by atoms with Crippen LogP contribution in [0, 0.1) is 0 Å². The third-order valence-electron chi connectivity index (χ3n) is 8.94. The van der Waals surface area contributed by atoms with E-state index in [4.69, 9.17) is 19.4 Å². The van der Waals surface area contributed by atoms with Crippen molar-refractivity contribution in [3.8, 4) is 56.4 Å². The molecule has 1 aliphatic rings. The van der Waals surface area contributed by atoms with Crippen LogP contribution in [0.5, 0.6) is 0 Å². The van der Waals surface area contributed by atoms with Crippen LogP contribution in [0.4, 0.5) is 0 Å². The first kappa shape index (κ1) is 24.3. The third-order valence-corrected chi connectivity index (χ3v) is 8.94. The molecule has 10 rings (SSSR count). The number of hydrogen-bond donors (Lipinski definition) is 0. The standard InChI is InChI=1S/C40H22N4O/c1-2-7-25-20-26(15-14-23(25)6-1)38-42-39(27-16-17-28-29-10-3-8-24-9-4-11-30(36(24)29)32(28)21-27)44-40(43-38)31-12-5-13-35-37(31)33-22-41-19-18-34(33)45-35/h1-22H. The molecule has 45 heavy (non-hydrogen) atoms. The van der Waals surface area contributed by atoms with Gasteiger partial charge < -0.3 is 4.42 Å². The van der Waals surface area contributed by atoms with Crippen molar-refractivity contribution in [2.75, 3.05) is 0 Å². The summed E-state index contributed by atoms with van der Waals surface area (Å²) in [5, 5.41) is 6.73. The highest BCUT2D eigenvalue weighted by Crippen LogP contribution is 2.48. The van der Waals surface area contributed by atoms with Crippen molar-refractivity contribution < 1.29 is 4.42 Å². The first-order valence-corrected chi connectivity index (χ1v) is 15.0. The van der Waals surface area contributed by atoms with E-state index in [-0.39, 0.29) is 0 Å². The van der Waals surface area contributed by atoms with Gasteiger partial charge in [-0.25, -0.2) is 15.0 Å². The molecular weight excluding hydrogens is 552 g/mol. The second-order valence-electron chi connectivity index (χ2n) is 11.5. The Labute approximate surface area is 257 Å². The van der Waals surface area contributed by atoms with Crippen LogP contribution in [-0.4, -0.2) is 19.9 Å². The minimum absolute atomic E-state index is 0.589. The van der Waals surface area contributed by atoms with E-state index in [1.54, 1.807) is 6.20 Å². The van der Waals surface area contributed by atoms with Crippen molar-refractivity contribution >= 4 is 43.5 Å². The first-order valence-electron chi connectivity index (χ1n) is 15.0. The molecule has 0 atom stereocenters. The third kappa shape index (κ3) is 3.61. The van der Waals surface area contributed by atoms with E-state index in [1.807, 2.05) is 30.5 Å². The first-order chi connectivity index (χ1) is 22.3. The number of nitrogens with zero attached hydrogens (tertiary/aromatic N) is 4. The van der Waals surface area contributed by atoms with E-state index in [0.717, 1.165) is 44.0 Å². The van der Waals surface area contributed by atoms with Gasteiger partial charge in [-0.15, -0.1) is 0 Å². The Morgan fingerprint density at radius 2 is 1.11 bits per heavy atom. The summed E-state index contributed by atoms with van der Waals surface area (Å²) >= 11 is 0. The lowest BCUT2D eigenvalue weighted by molar-refractivity contribution is 0.668. The molecule has 0 spiro atoms. The van der Waals surface area contributed by atoms with Gasteiger partial charge in [0, 0.05) is 39.9 Å². The molecule has 9 aromatic rings. The van der Waals surface area contributed by atoms with Crippen LogP contribution in [-0.2, 0) is 0 Å². The average Bonchev–Trinajstić information content (AvgIpc) is 3.65. The van der Waals surface area contributed by atoms with Crippen LogP contribution >= 0.6 is 0 Å². The van der Waals surface area contributed by atoms with Gasteiger partial charge in [-0.3, -0.25) is 4.98 Å². The lowest BCUT2D eigenvalue weighted by Gasteiger charge is -2.11. The van der Waals surface area contributed by atoms with E-state index in [2.05, 4.69) is 102 Å². The molecule has 5 nitrogen and oxygen atoms in total. The number of benzene rings is 6. The highest BCUT2D eigenvalue weighted by molar-refractivity contribution is 6.15. The zero-order chi connectivity index (χ0) is 29.5. The molecule has 0 saturated carbocycles. The second-order valence-corrected chi connectivity index (χ2v) is 11.5. The lowest BCUT2D eigenvalue weighted by atomic mass is 10.0. The molecule has 1 aliphatic carbocycles. The number of aromatic nitrogens is 4. The summed E-state index contributed by atoms with van der Waals surface area (Å²) in [5.41, 5.74) is 9.24. The van der Waals surface area contributed by atoms with Gasteiger partial charge in [0.25, 0.3) is 0 Å². The van der Waals surface area contributed by atoms with Gasteiger partial charge in [-0.2, -0.15) is 0 Å². The Morgan fingerprint density at radius 1 is 0.422 bits per heavy atom. The molecule has 0 fully saturated rings. The van der Waals surface area contributed by atoms with Crippen molar-refractivity contribution in [3.63, 3.8) is 0 Å². The largest absolute Gasteiger partial charge is 0.456 e. The molecule has 0 saturated heterocycles. The summed E-state index contributed by atoms with van der Waals surface area (Å²) < 4.78 is 6.19. The maximum Gasteiger partial charge on any atom is 0.164 e. The number of rotatable bonds is 3. The number of fused-ring (bicyclic) bond motifs is 7. The minimum Gasteiger partial charge on any atom is -0.456 e. The molecule has 0 unspecified atom stereocenters. The molecule has 5 heteroatoms. The Balaban J connectivity index is 1.22. The predicted molar refractivity (Wildman–Crippen MR) is 181 cm³/mol. The zero-order valence-corrected chi connectivity index (χ0v) is 23.9. The monoisotopic (exact) mass is 574 g/mol. The van der Waals surface area contributed by atoms with E-state index < -0.39 is 0 Å². The van der Waals surface area contributed by atoms with Gasteiger partial charge >= 0.3 is 0 Å². The van der Waals surface area contributed by atoms with Gasteiger partial charge in [0.15, 0.2) is 17.5 Å². The zero-order valence-electron chi connectivity index (χ0n) is 23.9. The maximum absolute atomic E-state index is 6.19. The smallest absolute Gasteiger partial charge is 0.164 e. The molecule has 0 aliphatic heterocycles. The van der Waals surface area contributed by atoms with E-state index >= 15 is 0 Å².